The van der Waals surface area contributed by atoms with E-state index in [9.17, 15) is 4.79 Å². The number of thioether (sulfide) groups is 1. The van der Waals surface area contributed by atoms with E-state index in [2.05, 4.69) is 15.1 Å². The number of furan rings is 1. The number of rotatable bonds is 5. The topological polar surface area (TPSA) is 87.0 Å². The van der Waals surface area contributed by atoms with Gasteiger partial charge in [0.05, 0.1) is 29.5 Å². The minimum Gasteiger partial charge on any atom is -0.467 e. The molecule has 0 spiro atoms. The summed E-state index contributed by atoms with van der Waals surface area (Å²) in [6, 6.07) is 8.63. The summed E-state index contributed by atoms with van der Waals surface area (Å²) < 4.78 is 12.1. The van der Waals surface area contributed by atoms with E-state index in [4.69, 9.17) is 20.5 Å². The van der Waals surface area contributed by atoms with Crippen LogP contribution in [0.2, 0.25) is 5.02 Å². The maximum absolute atomic E-state index is 13.0. The van der Waals surface area contributed by atoms with Crippen molar-refractivity contribution in [2.75, 3.05) is 0 Å². The van der Waals surface area contributed by atoms with E-state index in [1.807, 2.05) is 6.07 Å². The zero-order valence-electron chi connectivity index (χ0n) is 13.7. The van der Waals surface area contributed by atoms with Crippen molar-refractivity contribution in [1.29, 1.82) is 0 Å². The van der Waals surface area contributed by atoms with Crippen molar-refractivity contribution in [3.05, 3.63) is 69.4 Å². The van der Waals surface area contributed by atoms with Gasteiger partial charge >= 0.3 is 0 Å². The van der Waals surface area contributed by atoms with E-state index in [1.165, 1.54) is 11.8 Å². The zero-order valence-corrected chi connectivity index (χ0v) is 15.3. The Kier molecular flexibility index (Phi) is 4.52. The van der Waals surface area contributed by atoms with Gasteiger partial charge in [-0.1, -0.05) is 28.5 Å². The van der Waals surface area contributed by atoms with Crippen LogP contribution in [-0.4, -0.2) is 19.7 Å². The lowest BCUT2D eigenvalue weighted by atomic mass is 10.2. The molecule has 0 aliphatic heterocycles. The molecule has 0 saturated heterocycles. The lowest BCUT2D eigenvalue weighted by molar-refractivity contribution is 0.387. The predicted octanol–water partition coefficient (Wildman–Crippen LogP) is 3.67. The molecule has 0 atom stereocenters. The quantitative estimate of drug-likeness (QED) is 0.380. The van der Waals surface area contributed by atoms with Gasteiger partial charge < -0.3 is 8.94 Å². The molecule has 0 aliphatic carbocycles. The highest BCUT2D eigenvalue weighted by atomic mass is 35.5. The summed E-state index contributed by atoms with van der Waals surface area (Å²) in [5.41, 5.74) is 0.384. The number of hydrogen-bond acceptors (Lipinski definition) is 7. The van der Waals surface area contributed by atoms with Crippen molar-refractivity contribution in [3.8, 4) is 0 Å². The van der Waals surface area contributed by atoms with Crippen LogP contribution < -0.4 is 5.56 Å². The van der Waals surface area contributed by atoms with Gasteiger partial charge in [0.1, 0.15) is 5.76 Å². The van der Waals surface area contributed by atoms with Crippen LogP contribution in [0.5, 0.6) is 0 Å². The van der Waals surface area contributed by atoms with Crippen molar-refractivity contribution in [1.82, 2.24) is 19.7 Å². The zero-order chi connectivity index (χ0) is 18.1. The Bertz CT molecular complexity index is 1120. The molecule has 26 heavy (non-hydrogen) atoms. The summed E-state index contributed by atoms with van der Waals surface area (Å²) in [4.78, 5) is 21.8. The maximum Gasteiger partial charge on any atom is 0.262 e. The molecule has 0 radical (unpaired) electrons. The van der Waals surface area contributed by atoms with Gasteiger partial charge in [0.15, 0.2) is 11.0 Å². The minimum atomic E-state index is -0.160. The highest BCUT2D eigenvalue weighted by molar-refractivity contribution is 7.98. The molecule has 0 fully saturated rings. The van der Waals surface area contributed by atoms with Crippen molar-refractivity contribution in [3.63, 3.8) is 0 Å². The first-order valence-corrected chi connectivity index (χ1v) is 9.11. The van der Waals surface area contributed by atoms with Crippen molar-refractivity contribution in [2.45, 2.75) is 24.4 Å². The fourth-order valence-corrected chi connectivity index (χ4v) is 3.51. The van der Waals surface area contributed by atoms with Gasteiger partial charge in [-0.05, 0) is 37.3 Å². The lowest BCUT2D eigenvalue weighted by Crippen LogP contribution is -2.23. The van der Waals surface area contributed by atoms with Gasteiger partial charge in [-0.25, -0.2) is 4.98 Å². The van der Waals surface area contributed by atoms with E-state index in [1.54, 1.807) is 42.0 Å². The van der Waals surface area contributed by atoms with Gasteiger partial charge in [0.25, 0.3) is 5.56 Å². The van der Waals surface area contributed by atoms with Crippen LogP contribution in [0, 0.1) is 6.92 Å². The first-order chi connectivity index (χ1) is 12.6. The van der Waals surface area contributed by atoms with Crippen LogP contribution in [0.15, 0.2) is 55.5 Å². The predicted molar refractivity (Wildman–Crippen MR) is 97.4 cm³/mol. The molecule has 4 aromatic rings. The Morgan fingerprint density at radius 1 is 1.27 bits per heavy atom. The Morgan fingerprint density at radius 2 is 2.15 bits per heavy atom. The van der Waals surface area contributed by atoms with Crippen LogP contribution in [0.3, 0.4) is 0 Å². The van der Waals surface area contributed by atoms with E-state index in [0.717, 1.165) is 0 Å². The third-order valence-corrected chi connectivity index (χ3v) is 4.87. The smallest absolute Gasteiger partial charge is 0.262 e. The Labute approximate surface area is 157 Å². The number of halogens is 1. The molecule has 7 nitrogen and oxygen atoms in total. The van der Waals surface area contributed by atoms with Crippen LogP contribution >= 0.6 is 23.4 Å². The molecular weight excluding hydrogens is 376 g/mol. The van der Waals surface area contributed by atoms with Crippen molar-refractivity contribution < 1.29 is 8.94 Å². The first-order valence-electron chi connectivity index (χ1n) is 7.74. The van der Waals surface area contributed by atoms with Crippen LogP contribution in [0.4, 0.5) is 0 Å². The molecule has 132 valence electrons. The van der Waals surface area contributed by atoms with Gasteiger partial charge in [0, 0.05) is 5.02 Å². The second-order valence-corrected chi connectivity index (χ2v) is 6.93. The Morgan fingerprint density at radius 3 is 2.88 bits per heavy atom. The van der Waals surface area contributed by atoms with Crippen LogP contribution in [-0.2, 0) is 12.3 Å². The molecule has 3 heterocycles. The molecule has 1 aromatic carbocycles. The van der Waals surface area contributed by atoms with Gasteiger partial charge in [-0.15, -0.1) is 0 Å². The summed E-state index contributed by atoms with van der Waals surface area (Å²) in [7, 11) is 0. The molecule has 0 saturated carbocycles. The second-order valence-electron chi connectivity index (χ2n) is 5.55. The summed E-state index contributed by atoms with van der Waals surface area (Å²) in [5.74, 6) is 2.10. The monoisotopic (exact) mass is 388 g/mol. The lowest BCUT2D eigenvalue weighted by Gasteiger charge is -2.11. The average Bonchev–Trinajstić information content (AvgIpc) is 3.27. The van der Waals surface area contributed by atoms with E-state index in [0.29, 0.717) is 44.3 Å². The summed E-state index contributed by atoms with van der Waals surface area (Å²) in [6.45, 7) is 2.03. The molecule has 4 rings (SSSR count). The fourth-order valence-electron chi connectivity index (χ4n) is 2.51. The summed E-state index contributed by atoms with van der Waals surface area (Å²) in [5, 5.41) is 5.32. The van der Waals surface area contributed by atoms with E-state index >= 15 is 0 Å². The highest BCUT2D eigenvalue weighted by Crippen LogP contribution is 2.23. The van der Waals surface area contributed by atoms with Gasteiger partial charge in [0.2, 0.25) is 5.89 Å². The number of aryl methyl sites for hydroxylation is 1. The van der Waals surface area contributed by atoms with Gasteiger partial charge in [-0.2, -0.15) is 4.98 Å². The third kappa shape index (κ3) is 3.38. The van der Waals surface area contributed by atoms with E-state index < -0.39 is 0 Å². The maximum atomic E-state index is 13.0. The molecule has 0 bridgehead atoms. The second kappa shape index (κ2) is 6.97. The minimum absolute atomic E-state index is 0.160. The normalized spacial score (nSPS) is 11.3. The molecule has 3 aromatic heterocycles. The number of fused-ring (bicyclic) bond motifs is 1. The first kappa shape index (κ1) is 16.9. The molecule has 0 amide bonds. The summed E-state index contributed by atoms with van der Waals surface area (Å²) >= 11 is 7.39. The molecular formula is C17H13ClN4O3S. The fraction of sp³-hybridized carbons (Fsp3) is 0.176. The third-order valence-electron chi connectivity index (χ3n) is 3.67. The largest absolute Gasteiger partial charge is 0.467 e. The van der Waals surface area contributed by atoms with Crippen molar-refractivity contribution >= 4 is 34.3 Å². The standard InChI is InChI=1S/C17H13ClN4O3S/c1-10-19-15(25-21-10)9-26-17-20-14-7-11(18)4-5-13(14)16(23)22(17)8-12-3-2-6-24-12/h2-7H,8-9H2,1H3. The number of aromatic nitrogens is 4. The molecule has 0 aliphatic rings. The average molecular weight is 389 g/mol. The Hall–Kier alpha value is -2.58. The molecule has 0 unspecified atom stereocenters. The van der Waals surface area contributed by atoms with Gasteiger partial charge in [-0.3, -0.25) is 9.36 Å². The SMILES string of the molecule is Cc1noc(CSc2nc3cc(Cl)ccc3c(=O)n2Cc2ccco2)n1. The Balaban J connectivity index is 1.77. The number of benzene rings is 1. The van der Waals surface area contributed by atoms with Crippen molar-refractivity contribution in [2.24, 2.45) is 0 Å². The van der Waals surface area contributed by atoms with E-state index in [-0.39, 0.29) is 12.1 Å². The number of hydrogen-bond donors (Lipinski definition) is 0. The molecule has 0 N–H and O–H groups in total. The highest BCUT2D eigenvalue weighted by Gasteiger charge is 2.15. The van der Waals surface area contributed by atoms with Crippen LogP contribution in [0.25, 0.3) is 10.9 Å². The summed E-state index contributed by atoms with van der Waals surface area (Å²) in [6.07, 6.45) is 1.57. The van der Waals surface area contributed by atoms with Crippen LogP contribution in [0.1, 0.15) is 17.5 Å². The molecule has 9 heteroatoms. The number of nitrogens with zero attached hydrogens (tertiary/aromatic N) is 4.